The molecular formula is C5H5ClN2O2. The summed E-state index contributed by atoms with van der Waals surface area (Å²) in [5.41, 5.74) is 0. The first kappa shape index (κ1) is 6.95. The molecule has 0 unspecified atom stereocenters. The summed E-state index contributed by atoms with van der Waals surface area (Å²) in [6, 6.07) is 0. The van der Waals surface area contributed by atoms with Gasteiger partial charge < -0.3 is 10.4 Å². The highest BCUT2D eigenvalue weighted by Gasteiger charge is 2.13. The summed E-state index contributed by atoms with van der Waals surface area (Å²) in [5.74, 6) is 0. The van der Waals surface area contributed by atoms with Gasteiger partial charge in [-0.2, -0.15) is 0 Å². The Kier molecular flexibility index (Phi) is 1.82. The highest BCUT2D eigenvalue weighted by molar-refractivity contribution is 6.30. The van der Waals surface area contributed by atoms with Gasteiger partial charge in [-0.05, 0) is 0 Å². The standard InChI is InChI=1S/C5H5ClN2O2/c6-4-3-7-1-2-8(4)5(9)10/h1-3,7H,(H,9,10). The van der Waals surface area contributed by atoms with Gasteiger partial charge in [0.1, 0.15) is 5.16 Å². The highest BCUT2D eigenvalue weighted by atomic mass is 35.5. The zero-order chi connectivity index (χ0) is 7.56. The van der Waals surface area contributed by atoms with Crippen molar-refractivity contribution >= 4 is 17.7 Å². The fourth-order valence-corrected chi connectivity index (χ4v) is 0.722. The molecule has 10 heavy (non-hydrogen) atoms. The van der Waals surface area contributed by atoms with E-state index in [4.69, 9.17) is 16.7 Å². The quantitative estimate of drug-likeness (QED) is 0.522. The molecule has 0 aromatic rings. The predicted molar refractivity (Wildman–Crippen MR) is 36.1 cm³/mol. The zero-order valence-electron chi connectivity index (χ0n) is 4.91. The van der Waals surface area contributed by atoms with Crippen LogP contribution >= 0.6 is 11.6 Å². The van der Waals surface area contributed by atoms with E-state index in [0.29, 0.717) is 0 Å². The Hall–Kier alpha value is -1.16. The van der Waals surface area contributed by atoms with Crippen molar-refractivity contribution in [3.63, 3.8) is 0 Å². The first-order valence-corrected chi connectivity index (χ1v) is 2.90. The number of nitrogens with one attached hydrogen (secondary N) is 1. The summed E-state index contributed by atoms with van der Waals surface area (Å²) in [4.78, 5) is 11.2. The number of amides is 1. The average molecular weight is 161 g/mol. The number of carbonyl (C=O) groups is 1. The monoisotopic (exact) mass is 160 g/mol. The van der Waals surface area contributed by atoms with Crippen LogP contribution in [0.4, 0.5) is 4.79 Å². The smallest absolute Gasteiger partial charge is 0.416 e. The van der Waals surface area contributed by atoms with Crippen molar-refractivity contribution in [2.24, 2.45) is 0 Å². The molecule has 4 nitrogen and oxygen atoms in total. The molecular weight excluding hydrogens is 156 g/mol. The first-order chi connectivity index (χ1) is 4.72. The van der Waals surface area contributed by atoms with E-state index in [0.717, 1.165) is 4.90 Å². The molecule has 54 valence electrons. The normalized spacial score (nSPS) is 16.1. The van der Waals surface area contributed by atoms with Crippen LogP contribution in [0.25, 0.3) is 0 Å². The minimum absolute atomic E-state index is 0.134. The Balaban J connectivity index is 2.75. The lowest BCUT2D eigenvalue weighted by Crippen LogP contribution is -2.24. The Bertz CT molecular complexity index is 212. The van der Waals surface area contributed by atoms with Crippen LogP contribution in [0.5, 0.6) is 0 Å². The number of hydrogen-bond acceptors (Lipinski definition) is 2. The molecule has 0 fully saturated rings. The highest BCUT2D eigenvalue weighted by Crippen LogP contribution is 2.11. The van der Waals surface area contributed by atoms with E-state index in [2.05, 4.69) is 5.32 Å². The molecule has 2 N–H and O–H groups in total. The predicted octanol–water partition coefficient (Wildman–Crippen LogP) is 1.08. The van der Waals surface area contributed by atoms with Gasteiger partial charge in [0.2, 0.25) is 0 Å². The van der Waals surface area contributed by atoms with Gasteiger partial charge in [-0.25, -0.2) is 9.69 Å². The molecule has 1 aliphatic rings. The van der Waals surface area contributed by atoms with Gasteiger partial charge in [-0.15, -0.1) is 0 Å². The number of nitrogens with zero attached hydrogens (tertiary/aromatic N) is 1. The third-order valence-corrected chi connectivity index (χ3v) is 1.25. The second kappa shape index (κ2) is 2.62. The van der Waals surface area contributed by atoms with Crippen LogP contribution in [0.1, 0.15) is 0 Å². The molecule has 0 radical (unpaired) electrons. The van der Waals surface area contributed by atoms with Crippen molar-refractivity contribution in [1.29, 1.82) is 0 Å². The van der Waals surface area contributed by atoms with Gasteiger partial charge in [0.05, 0.1) is 0 Å². The van der Waals surface area contributed by atoms with Crippen molar-refractivity contribution in [2.45, 2.75) is 0 Å². The molecule has 0 spiro atoms. The van der Waals surface area contributed by atoms with E-state index in [1.54, 1.807) is 0 Å². The number of rotatable bonds is 0. The molecule has 0 aromatic heterocycles. The lowest BCUT2D eigenvalue weighted by atomic mass is 10.6. The molecule has 0 saturated carbocycles. The van der Waals surface area contributed by atoms with E-state index < -0.39 is 6.09 Å². The molecule has 0 saturated heterocycles. The Morgan fingerprint density at radius 3 is 2.90 bits per heavy atom. The van der Waals surface area contributed by atoms with Crippen molar-refractivity contribution in [2.75, 3.05) is 0 Å². The SMILES string of the molecule is O=C(O)N1C=CNC=C1Cl. The van der Waals surface area contributed by atoms with E-state index >= 15 is 0 Å². The van der Waals surface area contributed by atoms with Crippen LogP contribution in [0.3, 0.4) is 0 Å². The zero-order valence-corrected chi connectivity index (χ0v) is 5.67. The third-order valence-electron chi connectivity index (χ3n) is 0.958. The number of hydrogen-bond donors (Lipinski definition) is 2. The molecule has 0 aliphatic carbocycles. The Labute approximate surface area is 62.4 Å². The maximum absolute atomic E-state index is 10.3. The summed E-state index contributed by atoms with van der Waals surface area (Å²) >= 11 is 5.47. The van der Waals surface area contributed by atoms with Crippen LogP contribution in [-0.4, -0.2) is 16.1 Å². The second-order valence-corrected chi connectivity index (χ2v) is 1.99. The molecule has 1 rings (SSSR count). The lowest BCUT2D eigenvalue weighted by molar-refractivity contribution is 0.173. The van der Waals surface area contributed by atoms with Gasteiger partial charge >= 0.3 is 6.09 Å². The first-order valence-electron chi connectivity index (χ1n) is 2.52. The van der Waals surface area contributed by atoms with Crippen molar-refractivity contribution in [3.8, 4) is 0 Å². The Morgan fingerprint density at radius 1 is 1.80 bits per heavy atom. The average Bonchev–Trinajstić information content (AvgIpc) is 1.88. The van der Waals surface area contributed by atoms with Crippen LogP contribution in [0, 0.1) is 0 Å². The van der Waals surface area contributed by atoms with E-state index in [-0.39, 0.29) is 5.16 Å². The topological polar surface area (TPSA) is 52.6 Å². The van der Waals surface area contributed by atoms with E-state index in [1.807, 2.05) is 0 Å². The Morgan fingerprint density at radius 2 is 2.50 bits per heavy atom. The van der Waals surface area contributed by atoms with Gasteiger partial charge in [0, 0.05) is 18.6 Å². The summed E-state index contributed by atoms with van der Waals surface area (Å²) in [5, 5.41) is 11.2. The van der Waals surface area contributed by atoms with Crippen molar-refractivity contribution in [1.82, 2.24) is 10.2 Å². The summed E-state index contributed by atoms with van der Waals surface area (Å²) < 4.78 is 0. The summed E-state index contributed by atoms with van der Waals surface area (Å²) in [7, 11) is 0. The molecule has 0 aromatic carbocycles. The molecule has 0 bridgehead atoms. The van der Waals surface area contributed by atoms with Gasteiger partial charge in [-0.3, -0.25) is 0 Å². The van der Waals surface area contributed by atoms with Gasteiger partial charge in [0.25, 0.3) is 0 Å². The maximum atomic E-state index is 10.3. The summed E-state index contributed by atoms with van der Waals surface area (Å²) in [6.07, 6.45) is 3.08. The maximum Gasteiger partial charge on any atom is 0.416 e. The van der Waals surface area contributed by atoms with Crippen molar-refractivity contribution < 1.29 is 9.90 Å². The molecule has 1 amide bonds. The van der Waals surface area contributed by atoms with E-state index in [9.17, 15) is 4.79 Å². The van der Waals surface area contributed by atoms with Gasteiger partial charge in [-0.1, -0.05) is 11.6 Å². The number of carboxylic acid groups (broad SMARTS) is 1. The second-order valence-electron chi connectivity index (χ2n) is 1.60. The minimum atomic E-state index is -1.10. The van der Waals surface area contributed by atoms with E-state index in [1.165, 1.54) is 18.6 Å². The third kappa shape index (κ3) is 1.22. The van der Waals surface area contributed by atoms with Gasteiger partial charge in [0.15, 0.2) is 0 Å². The van der Waals surface area contributed by atoms with Crippen LogP contribution in [0.15, 0.2) is 23.8 Å². The lowest BCUT2D eigenvalue weighted by Gasteiger charge is -2.15. The molecule has 1 aliphatic heterocycles. The molecule has 0 atom stereocenters. The molecule has 5 heteroatoms. The molecule has 1 heterocycles. The minimum Gasteiger partial charge on any atom is -0.464 e. The largest absolute Gasteiger partial charge is 0.464 e. The fraction of sp³-hybridized carbons (Fsp3) is 0. The van der Waals surface area contributed by atoms with Crippen LogP contribution in [0.2, 0.25) is 0 Å². The van der Waals surface area contributed by atoms with Crippen LogP contribution in [-0.2, 0) is 0 Å². The fourth-order valence-electron chi connectivity index (χ4n) is 0.530. The van der Waals surface area contributed by atoms with Crippen molar-refractivity contribution in [3.05, 3.63) is 23.8 Å². The number of halogens is 1. The van der Waals surface area contributed by atoms with Crippen LogP contribution < -0.4 is 5.32 Å². The summed E-state index contributed by atoms with van der Waals surface area (Å²) in [6.45, 7) is 0.